The molecule has 0 spiro atoms. The van der Waals surface area contributed by atoms with Gasteiger partial charge < -0.3 is 4.40 Å². The molecule has 0 unspecified atom stereocenters. The summed E-state index contributed by atoms with van der Waals surface area (Å²) in [4.78, 5) is 4.34. The second kappa shape index (κ2) is 3.31. The van der Waals surface area contributed by atoms with Crippen molar-refractivity contribution in [2.45, 2.75) is 12.8 Å². The Hall–Kier alpha value is -0.540. The molecule has 13 heavy (non-hydrogen) atoms. The van der Waals surface area contributed by atoms with Gasteiger partial charge in [0.15, 0.2) is 0 Å². The van der Waals surface area contributed by atoms with Crippen LogP contribution in [0.3, 0.4) is 0 Å². The molecule has 2 heterocycles. The van der Waals surface area contributed by atoms with E-state index in [4.69, 9.17) is 11.6 Å². The second-order valence-electron chi connectivity index (χ2n) is 2.94. The number of hydrogen-bond donors (Lipinski definition) is 0. The van der Waals surface area contributed by atoms with Gasteiger partial charge >= 0.3 is 0 Å². The van der Waals surface area contributed by atoms with Gasteiger partial charge in [-0.3, -0.25) is 0 Å². The van der Waals surface area contributed by atoms with Gasteiger partial charge in [0.1, 0.15) is 5.65 Å². The molecule has 2 aromatic heterocycles. The monoisotopic (exact) mass is 258 g/mol. The SMILES string of the molecule is Cc1cc2nc(CCl)cn2cc1Br. The first-order valence-electron chi connectivity index (χ1n) is 3.90. The Morgan fingerprint density at radius 3 is 3.00 bits per heavy atom. The third-order valence-electron chi connectivity index (χ3n) is 1.92. The van der Waals surface area contributed by atoms with Crippen molar-refractivity contribution in [2.75, 3.05) is 0 Å². The Morgan fingerprint density at radius 1 is 1.54 bits per heavy atom. The molecule has 0 N–H and O–H groups in total. The fourth-order valence-corrected chi connectivity index (χ4v) is 1.69. The number of hydrogen-bond acceptors (Lipinski definition) is 1. The number of imidazole rings is 1. The fraction of sp³-hybridized carbons (Fsp3) is 0.222. The quantitative estimate of drug-likeness (QED) is 0.719. The fourth-order valence-electron chi connectivity index (χ4n) is 1.22. The molecule has 0 bridgehead atoms. The van der Waals surface area contributed by atoms with Crippen molar-refractivity contribution in [3.8, 4) is 0 Å². The molecule has 0 aliphatic carbocycles. The summed E-state index contributed by atoms with van der Waals surface area (Å²) in [6, 6.07) is 2.03. The van der Waals surface area contributed by atoms with E-state index < -0.39 is 0 Å². The van der Waals surface area contributed by atoms with Gasteiger partial charge in [0.2, 0.25) is 0 Å². The van der Waals surface area contributed by atoms with Gasteiger partial charge in [-0.1, -0.05) is 0 Å². The van der Waals surface area contributed by atoms with E-state index >= 15 is 0 Å². The average molecular weight is 260 g/mol. The van der Waals surface area contributed by atoms with E-state index in [0.29, 0.717) is 5.88 Å². The van der Waals surface area contributed by atoms with Crippen LogP contribution in [-0.4, -0.2) is 9.38 Å². The van der Waals surface area contributed by atoms with Crippen molar-refractivity contribution in [2.24, 2.45) is 0 Å². The maximum Gasteiger partial charge on any atom is 0.137 e. The van der Waals surface area contributed by atoms with Gasteiger partial charge in [0.05, 0.1) is 11.6 Å². The Labute approximate surface area is 89.7 Å². The highest BCUT2D eigenvalue weighted by atomic mass is 79.9. The maximum absolute atomic E-state index is 5.69. The molecule has 0 aromatic carbocycles. The number of aryl methyl sites for hydroxylation is 1. The average Bonchev–Trinajstić information content (AvgIpc) is 2.48. The second-order valence-corrected chi connectivity index (χ2v) is 4.06. The standard InChI is InChI=1S/C9H8BrClN2/c1-6-2-9-12-7(3-11)4-13(9)5-8(6)10/h2,4-5H,3H2,1H3. The zero-order valence-electron chi connectivity index (χ0n) is 7.09. The number of nitrogens with zero attached hydrogens (tertiary/aromatic N) is 2. The Balaban J connectivity index is 2.70. The van der Waals surface area contributed by atoms with E-state index in [-0.39, 0.29) is 0 Å². The number of fused-ring (bicyclic) bond motifs is 1. The van der Waals surface area contributed by atoms with Crippen molar-refractivity contribution >= 4 is 33.2 Å². The Kier molecular flexibility index (Phi) is 2.30. The normalized spacial score (nSPS) is 11.0. The minimum atomic E-state index is 0.457. The highest BCUT2D eigenvalue weighted by Gasteiger charge is 2.02. The molecule has 0 fully saturated rings. The van der Waals surface area contributed by atoms with Crippen LogP contribution in [-0.2, 0) is 5.88 Å². The number of rotatable bonds is 1. The summed E-state index contributed by atoms with van der Waals surface area (Å²) in [6.07, 6.45) is 3.93. The lowest BCUT2D eigenvalue weighted by Gasteiger charge is -1.98. The number of aromatic nitrogens is 2. The largest absolute Gasteiger partial charge is 0.306 e. The molecule has 0 saturated carbocycles. The van der Waals surface area contributed by atoms with Crippen LogP contribution < -0.4 is 0 Å². The van der Waals surface area contributed by atoms with Gasteiger partial charge in [-0.2, -0.15) is 0 Å². The topological polar surface area (TPSA) is 17.3 Å². The molecule has 0 aliphatic heterocycles. The number of pyridine rings is 1. The summed E-state index contributed by atoms with van der Waals surface area (Å²) in [7, 11) is 0. The van der Waals surface area contributed by atoms with Crippen LogP contribution in [0.4, 0.5) is 0 Å². The van der Waals surface area contributed by atoms with Crippen LogP contribution in [0.25, 0.3) is 5.65 Å². The zero-order valence-corrected chi connectivity index (χ0v) is 9.43. The molecule has 0 atom stereocenters. The van der Waals surface area contributed by atoms with Crippen LogP contribution in [0.2, 0.25) is 0 Å². The first-order chi connectivity index (χ1) is 6.20. The molecule has 0 aliphatic rings. The number of alkyl halides is 1. The first-order valence-corrected chi connectivity index (χ1v) is 5.23. The van der Waals surface area contributed by atoms with Crippen molar-refractivity contribution in [1.82, 2.24) is 9.38 Å². The van der Waals surface area contributed by atoms with Crippen LogP contribution in [0.1, 0.15) is 11.3 Å². The van der Waals surface area contributed by atoms with Gasteiger partial charge in [-0.05, 0) is 34.5 Å². The van der Waals surface area contributed by atoms with Crippen LogP contribution in [0.5, 0.6) is 0 Å². The van der Waals surface area contributed by atoms with Crippen LogP contribution >= 0.6 is 27.5 Å². The van der Waals surface area contributed by atoms with Gasteiger partial charge in [0.25, 0.3) is 0 Å². The third-order valence-corrected chi connectivity index (χ3v) is 3.03. The molecule has 0 saturated heterocycles. The highest BCUT2D eigenvalue weighted by Crippen LogP contribution is 2.18. The lowest BCUT2D eigenvalue weighted by Crippen LogP contribution is -1.85. The number of halogens is 2. The predicted octanol–water partition coefficient (Wildman–Crippen LogP) is 3.14. The lowest BCUT2D eigenvalue weighted by molar-refractivity contribution is 1.15. The summed E-state index contributed by atoms with van der Waals surface area (Å²) in [5, 5.41) is 0. The molecule has 68 valence electrons. The van der Waals surface area contributed by atoms with E-state index in [1.807, 2.05) is 29.8 Å². The van der Waals surface area contributed by atoms with Crippen molar-refractivity contribution in [3.05, 3.63) is 34.2 Å². The van der Waals surface area contributed by atoms with E-state index in [9.17, 15) is 0 Å². The third kappa shape index (κ3) is 1.58. The zero-order chi connectivity index (χ0) is 9.42. The molecule has 2 aromatic rings. The van der Waals surface area contributed by atoms with E-state index in [1.165, 1.54) is 5.56 Å². The summed E-state index contributed by atoms with van der Waals surface area (Å²) in [5.41, 5.74) is 3.02. The minimum absolute atomic E-state index is 0.457. The van der Waals surface area contributed by atoms with Crippen molar-refractivity contribution in [1.29, 1.82) is 0 Å². The lowest BCUT2D eigenvalue weighted by atomic mass is 10.3. The molecule has 0 amide bonds. The van der Waals surface area contributed by atoms with Gasteiger partial charge in [-0.15, -0.1) is 11.6 Å². The summed E-state index contributed by atoms with van der Waals surface area (Å²) < 4.78 is 3.05. The molecule has 4 heteroatoms. The molecule has 2 nitrogen and oxygen atoms in total. The Morgan fingerprint density at radius 2 is 2.31 bits per heavy atom. The first kappa shape index (κ1) is 9.03. The van der Waals surface area contributed by atoms with Crippen molar-refractivity contribution in [3.63, 3.8) is 0 Å². The maximum atomic E-state index is 5.69. The molecule has 2 rings (SSSR count). The summed E-state index contributed by atoms with van der Waals surface area (Å²) in [6.45, 7) is 2.04. The minimum Gasteiger partial charge on any atom is -0.306 e. The highest BCUT2D eigenvalue weighted by molar-refractivity contribution is 9.10. The summed E-state index contributed by atoms with van der Waals surface area (Å²) in [5.74, 6) is 0.457. The van der Waals surface area contributed by atoms with Crippen molar-refractivity contribution < 1.29 is 0 Å². The molecular weight excluding hydrogens is 251 g/mol. The molecule has 0 radical (unpaired) electrons. The predicted molar refractivity (Wildman–Crippen MR) is 57.2 cm³/mol. The van der Waals surface area contributed by atoms with Crippen LogP contribution in [0.15, 0.2) is 22.9 Å². The van der Waals surface area contributed by atoms with E-state index in [2.05, 4.69) is 20.9 Å². The molecular formula is C9H8BrClN2. The van der Waals surface area contributed by atoms with Gasteiger partial charge in [0, 0.05) is 16.9 Å². The Bertz CT molecular complexity index is 411. The van der Waals surface area contributed by atoms with E-state index in [0.717, 1.165) is 15.8 Å². The van der Waals surface area contributed by atoms with Gasteiger partial charge in [-0.25, -0.2) is 4.98 Å². The van der Waals surface area contributed by atoms with E-state index in [1.54, 1.807) is 0 Å². The summed E-state index contributed by atoms with van der Waals surface area (Å²) >= 11 is 9.16. The smallest absolute Gasteiger partial charge is 0.137 e. The van der Waals surface area contributed by atoms with Crippen LogP contribution in [0, 0.1) is 6.92 Å².